The molecule has 1 heterocycles. The maximum atomic E-state index is 12.6. The largest absolute Gasteiger partial charge is 0.491 e. The maximum absolute atomic E-state index is 12.6. The van der Waals surface area contributed by atoms with Gasteiger partial charge in [0.05, 0.1) is 17.5 Å². The SMILES string of the molecule is Cc1ccc(C(=O)N[C@@H](C)COc2ccccc2)cc1N1CCCCS1(=O)=O. The Morgan fingerprint density at radius 3 is 2.64 bits per heavy atom. The second kappa shape index (κ2) is 8.65. The molecule has 7 heteroatoms. The predicted octanol–water partition coefficient (Wildman–Crippen LogP) is 3.12. The normalized spacial score (nSPS) is 17.0. The van der Waals surface area contributed by atoms with Crippen LogP contribution in [-0.2, 0) is 10.0 Å². The Bertz CT molecular complexity index is 929. The van der Waals surface area contributed by atoms with Gasteiger partial charge in [0.15, 0.2) is 0 Å². The van der Waals surface area contributed by atoms with Crippen LogP contribution >= 0.6 is 0 Å². The topological polar surface area (TPSA) is 75.7 Å². The van der Waals surface area contributed by atoms with E-state index in [0.717, 1.165) is 17.7 Å². The molecule has 28 heavy (non-hydrogen) atoms. The molecule has 1 amide bonds. The molecule has 150 valence electrons. The maximum Gasteiger partial charge on any atom is 0.251 e. The lowest BCUT2D eigenvalue weighted by Crippen LogP contribution is -2.39. The van der Waals surface area contributed by atoms with E-state index in [-0.39, 0.29) is 17.7 Å². The Hall–Kier alpha value is -2.54. The fraction of sp³-hybridized carbons (Fsp3) is 0.381. The van der Waals surface area contributed by atoms with Crippen molar-refractivity contribution in [2.45, 2.75) is 32.7 Å². The molecule has 0 bridgehead atoms. The van der Waals surface area contributed by atoms with Gasteiger partial charge in [-0.2, -0.15) is 0 Å². The van der Waals surface area contributed by atoms with Crippen molar-refractivity contribution in [2.75, 3.05) is 23.2 Å². The second-order valence-corrected chi connectivity index (χ2v) is 9.11. The number of aryl methyl sites for hydroxylation is 1. The fourth-order valence-electron chi connectivity index (χ4n) is 3.17. The number of nitrogens with zero attached hydrogens (tertiary/aromatic N) is 1. The number of sulfonamides is 1. The van der Waals surface area contributed by atoms with Gasteiger partial charge in [-0.15, -0.1) is 0 Å². The van der Waals surface area contributed by atoms with Gasteiger partial charge in [-0.05, 0) is 56.5 Å². The first-order valence-corrected chi connectivity index (χ1v) is 11.1. The molecule has 1 fully saturated rings. The molecular formula is C21H26N2O4S. The van der Waals surface area contributed by atoms with Gasteiger partial charge in [-0.3, -0.25) is 9.10 Å². The number of amides is 1. The molecule has 0 saturated carbocycles. The zero-order valence-electron chi connectivity index (χ0n) is 16.2. The van der Waals surface area contributed by atoms with Crippen molar-refractivity contribution >= 4 is 21.6 Å². The number of rotatable bonds is 6. The molecule has 2 aromatic rings. The van der Waals surface area contributed by atoms with E-state index in [2.05, 4.69) is 5.32 Å². The molecule has 0 radical (unpaired) electrons. The molecule has 0 unspecified atom stereocenters. The highest BCUT2D eigenvalue weighted by Gasteiger charge is 2.27. The molecule has 1 aliphatic heterocycles. The van der Waals surface area contributed by atoms with E-state index in [1.807, 2.05) is 44.2 Å². The van der Waals surface area contributed by atoms with Gasteiger partial charge in [0.25, 0.3) is 5.91 Å². The van der Waals surface area contributed by atoms with E-state index >= 15 is 0 Å². The Morgan fingerprint density at radius 2 is 1.93 bits per heavy atom. The molecular weight excluding hydrogens is 376 g/mol. The molecule has 1 N–H and O–H groups in total. The van der Waals surface area contributed by atoms with Crippen molar-refractivity contribution in [1.82, 2.24) is 5.32 Å². The van der Waals surface area contributed by atoms with Gasteiger partial charge < -0.3 is 10.1 Å². The highest BCUT2D eigenvalue weighted by atomic mass is 32.2. The van der Waals surface area contributed by atoms with Crippen LogP contribution in [0.5, 0.6) is 5.75 Å². The third-order valence-electron chi connectivity index (χ3n) is 4.71. The van der Waals surface area contributed by atoms with Gasteiger partial charge in [0, 0.05) is 12.1 Å². The Morgan fingerprint density at radius 1 is 1.18 bits per heavy atom. The van der Waals surface area contributed by atoms with E-state index in [1.54, 1.807) is 18.2 Å². The molecule has 0 aromatic heterocycles. The van der Waals surface area contributed by atoms with Crippen molar-refractivity contribution in [3.63, 3.8) is 0 Å². The van der Waals surface area contributed by atoms with Crippen molar-refractivity contribution in [2.24, 2.45) is 0 Å². The quantitative estimate of drug-likeness (QED) is 0.806. The number of nitrogens with one attached hydrogen (secondary N) is 1. The molecule has 6 nitrogen and oxygen atoms in total. The van der Waals surface area contributed by atoms with Crippen LogP contribution in [0.25, 0.3) is 0 Å². The average molecular weight is 403 g/mol. The Kier molecular flexibility index (Phi) is 6.24. The summed E-state index contributed by atoms with van der Waals surface area (Å²) in [6.07, 6.45) is 1.50. The number of benzene rings is 2. The highest BCUT2D eigenvalue weighted by molar-refractivity contribution is 7.92. The van der Waals surface area contributed by atoms with Gasteiger partial charge in [-0.1, -0.05) is 24.3 Å². The fourth-order valence-corrected chi connectivity index (χ4v) is 4.86. The first-order valence-electron chi connectivity index (χ1n) is 9.46. The number of carbonyl (C=O) groups excluding carboxylic acids is 1. The molecule has 1 atom stereocenters. The zero-order chi connectivity index (χ0) is 20.1. The van der Waals surface area contributed by atoms with E-state index in [1.165, 1.54) is 4.31 Å². The van der Waals surface area contributed by atoms with Crippen LogP contribution in [0, 0.1) is 6.92 Å². The summed E-state index contributed by atoms with van der Waals surface area (Å²) in [4.78, 5) is 12.6. The number of hydrogen-bond acceptors (Lipinski definition) is 4. The summed E-state index contributed by atoms with van der Waals surface area (Å²) < 4.78 is 31.9. The van der Waals surface area contributed by atoms with Crippen LogP contribution in [0.2, 0.25) is 0 Å². The Balaban J connectivity index is 1.68. The van der Waals surface area contributed by atoms with Gasteiger partial charge in [0.2, 0.25) is 10.0 Å². The lowest BCUT2D eigenvalue weighted by atomic mass is 10.1. The first-order chi connectivity index (χ1) is 13.4. The summed E-state index contributed by atoms with van der Waals surface area (Å²) in [5.41, 5.74) is 1.86. The van der Waals surface area contributed by atoms with Crippen LogP contribution in [0.4, 0.5) is 5.69 Å². The number of anilines is 1. The van der Waals surface area contributed by atoms with Crippen LogP contribution in [0.1, 0.15) is 35.7 Å². The van der Waals surface area contributed by atoms with E-state index in [4.69, 9.17) is 4.74 Å². The van der Waals surface area contributed by atoms with E-state index in [9.17, 15) is 13.2 Å². The third-order valence-corrected chi connectivity index (χ3v) is 6.57. The van der Waals surface area contributed by atoms with E-state index < -0.39 is 10.0 Å². The van der Waals surface area contributed by atoms with Crippen LogP contribution < -0.4 is 14.4 Å². The lowest BCUT2D eigenvalue weighted by Gasteiger charge is -2.29. The monoisotopic (exact) mass is 402 g/mol. The van der Waals surface area contributed by atoms with Crippen LogP contribution in [-0.4, -0.2) is 39.3 Å². The molecule has 1 saturated heterocycles. The third kappa shape index (κ3) is 4.84. The van der Waals surface area contributed by atoms with Crippen LogP contribution in [0.15, 0.2) is 48.5 Å². The van der Waals surface area contributed by atoms with Gasteiger partial charge in [-0.25, -0.2) is 8.42 Å². The summed E-state index contributed by atoms with van der Waals surface area (Å²) in [6, 6.07) is 14.4. The number of carbonyl (C=O) groups is 1. The zero-order valence-corrected chi connectivity index (χ0v) is 17.0. The van der Waals surface area contributed by atoms with Crippen molar-refractivity contribution in [1.29, 1.82) is 0 Å². The summed E-state index contributed by atoms with van der Waals surface area (Å²) >= 11 is 0. The number of ether oxygens (including phenoxy) is 1. The highest BCUT2D eigenvalue weighted by Crippen LogP contribution is 2.28. The summed E-state index contributed by atoms with van der Waals surface area (Å²) in [5.74, 6) is 0.646. The van der Waals surface area contributed by atoms with Crippen molar-refractivity contribution in [3.05, 3.63) is 59.7 Å². The summed E-state index contributed by atoms with van der Waals surface area (Å²) in [5, 5.41) is 2.90. The molecule has 2 aromatic carbocycles. The predicted molar refractivity (Wildman–Crippen MR) is 110 cm³/mol. The molecule has 1 aliphatic rings. The van der Waals surface area contributed by atoms with Crippen molar-refractivity contribution in [3.8, 4) is 5.75 Å². The minimum Gasteiger partial charge on any atom is -0.491 e. The van der Waals surface area contributed by atoms with E-state index in [0.29, 0.717) is 30.8 Å². The molecule has 0 spiro atoms. The average Bonchev–Trinajstić information content (AvgIpc) is 2.67. The van der Waals surface area contributed by atoms with Gasteiger partial charge >= 0.3 is 0 Å². The molecule has 3 rings (SSSR count). The van der Waals surface area contributed by atoms with Crippen molar-refractivity contribution < 1.29 is 17.9 Å². The van der Waals surface area contributed by atoms with Gasteiger partial charge in [0.1, 0.15) is 12.4 Å². The summed E-state index contributed by atoms with van der Waals surface area (Å²) in [6.45, 7) is 4.52. The number of hydrogen-bond donors (Lipinski definition) is 1. The van der Waals surface area contributed by atoms with Crippen LogP contribution in [0.3, 0.4) is 0 Å². The first kappa shape index (κ1) is 20.2. The standard InChI is InChI=1S/C21H26N2O4S/c1-16-10-11-18(14-20(16)23-12-6-7-13-28(23,25)26)21(24)22-17(2)15-27-19-8-4-3-5-9-19/h3-5,8-11,14,17H,6-7,12-13,15H2,1-2H3,(H,22,24)/t17-/m0/s1. The minimum atomic E-state index is -3.32. The minimum absolute atomic E-state index is 0.150. The smallest absolute Gasteiger partial charge is 0.251 e. The Labute approximate surface area is 166 Å². The number of para-hydroxylation sites is 1. The lowest BCUT2D eigenvalue weighted by molar-refractivity contribution is 0.0926. The summed E-state index contributed by atoms with van der Waals surface area (Å²) in [7, 11) is -3.32. The second-order valence-electron chi connectivity index (χ2n) is 7.10. The molecule has 0 aliphatic carbocycles.